The number of alkyl halides is 1. The van der Waals surface area contributed by atoms with E-state index < -0.39 is 0 Å². The SMILES string of the molecule is CCOC(=O)C1CC(I)C(OCc2ccccc2)C1. The lowest BCUT2D eigenvalue weighted by atomic mass is 10.1. The molecular formula is C15H19IO3. The van der Waals surface area contributed by atoms with E-state index >= 15 is 0 Å². The van der Waals surface area contributed by atoms with Crippen molar-refractivity contribution in [3.05, 3.63) is 35.9 Å². The lowest BCUT2D eigenvalue weighted by Gasteiger charge is -2.15. The largest absolute Gasteiger partial charge is 0.466 e. The zero-order valence-electron chi connectivity index (χ0n) is 11.0. The summed E-state index contributed by atoms with van der Waals surface area (Å²) in [5.74, 6) is -0.0717. The molecule has 1 aromatic rings. The van der Waals surface area contributed by atoms with E-state index in [1.54, 1.807) is 0 Å². The van der Waals surface area contributed by atoms with E-state index in [-0.39, 0.29) is 18.0 Å². The van der Waals surface area contributed by atoms with Crippen molar-refractivity contribution in [2.75, 3.05) is 6.61 Å². The number of carbonyl (C=O) groups excluding carboxylic acids is 1. The molecule has 3 nitrogen and oxygen atoms in total. The lowest BCUT2D eigenvalue weighted by Crippen LogP contribution is -2.18. The maximum atomic E-state index is 11.7. The van der Waals surface area contributed by atoms with Crippen LogP contribution in [0.2, 0.25) is 0 Å². The van der Waals surface area contributed by atoms with E-state index in [9.17, 15) is 4.79 Å². The Balaban J connectivity index is 1.83. The summed E-state index contributed by atoms with van der Waals surface area (Å²) in [6.07, 6.45) is 1.79. The Morgan fingerprint density at radius 2 is 2.05 bits per heavy atom. The van der Waals surface area contributed by atoms with Crippen molar-refractivity contribution in [1.29, 1.82) is 0 Å². The minimum atomic E-state index is -0.0741. The van der Waals surface area contributed by atoms with Crippen molar-refractivity contribution in [1.82, 2.24) is 0 Å². The Bertz CT molecular complexity index is 407. The van der Waals surface area contributed by atoms with Crippen molar-refractivity contribution in [3.63, 3.8) is 0 Å². The second-order valence-corrected chi connectivity index (χ2v) is 6.37. The number of ether oxygens (including phenoxy) is 2. The molecular weight excluding hydrogens is 355 g/mol. The molecule has 3 unspecified atom stereocenters. The molecule has 1 aromatic carbocycles. The average molecular weight is 374 g/mol. The van der Waals surface area contributed by atoms with Gasteiger partial charge in [-0.05, 0) is 25.3 Å². The molecule has 1 saturated carbocycles. The maximum Gasteiger partial charge on any atom is 0.309 e. The van der Waals surface area contributed by atoms with Crippen molar-refractivity contribution >= 4 is 28.6 Å². The number of hydrogen-bond donors (Lipinski definition) is 0. The molecule has 0 heterocycles. The van der Waals surface area contributed by atoms with Crippen LogP contribution in [0.5, 0.6) is 0 Å². The molecule has 0 bridgehead atoms. The van der Waals surface area contributed by atoms with Crippen molar-refractivity contribution < 1.29 is 14.3 Å². The Morgan fingerprint density at radius 3 is 2.74 bits per heavy atom. The first-order valence-corrected chi connectivity index (χ1v) is 7.91. The second-order valence-electron chi connectivity index (χ2n) is 4.77. The zero-order valence-corrected chi connectivity index (χ0v) is 13.2. The van der Waals surface area contributed by atoms with E-state index in [1.807, 2.05) is 25.1 Å². The van der Waals surface area contributed by atoms with E-state index in [2.05, 4.69) is 34.7 Å². The van der Waals surface area contributed by atoms with Gasteiger partial charge in [0.2, 0.25) is 0 Å². The molecule has 0 aliphatic heterocycles. The average Bonchev–Trinajstić information content (AvgIpc) is 2.79. The van der Waals surface area contributed by atoms with Gasteiger partial charge >= 0.3 is 5.97 Å². The molecule has 3 atom stereocenters. The molecule has 0 spiro atoms. The van der Waals surface area contributed by atoms with Gasteiger partial charge in [-0.25, -0.2) is 0 Å². The highest BCUT2D eigenvalue weighted by atomic mass is 127. The number of benzene rings is 1. The van der Waals surface area contributed by atoms with E-state index in [0.29, 0.717) is 17.1 Å². The number of hydrogen-bond acceptors (Lipinski definition) is 3. The second kappa shape index (κ2) is 7.24. The Morgan fingerprint density at radius 1 is 1.32 bits per heavy atom. The Hall–Kier alpha value is -0.620. The van der Waals surface area contributed by atoms with Gasteiger partial charge < -0.3 is 9.47 Å². The summed E-state index contributed by atoms with van der Waals surface area (Å²) in [4.78, 5) is 11.7. The summed E-state index contributed by atoms with van der Waals surface area (Å²) in [5, 5.41) is 0. The standard InChI is InChI=1S/C15H19IO3/c1-2-18-15(17)12-8-13(16)14(9-12)19-10-11-6-4-3-5-7-11/h3-7,12-14H,2,8-10H2,1H3. The van der Waals surface area contributed by atoms with Crippen molar-refractivity contribution in [2.24, 2.45) is 5.92 Å². The third kappa shape index (κ3) is 4.18. The zero-order chi connectivity index (χ0) is 13.7. The Kier molecular flexibility index (Phi) is 5.63. The van der Waals surface area contributed by atoms with Gasteiger partial charge in [0.1, 0.15) is 0 Å². The van der Waals surface area contributed by atoms with Crippen LogP contribution in [0.25, 0.3) is 0 Å². The molecule has 1 fully saturated rings. The monoisotopic (exact) mass is 374 g/mol. The number of carbonyl (C=O) groups is 1. The fourth-order valence-electron chi connectivity index (χ4n) is 2.35. The minimum absolute atomic E-state index is 0.00243. The van der Waals surface area contributed by atoms with Crippen LogP contribution in [0.4, 0.5) is 0 Å². The van der Waals surface area contributed by atoms with Crippen LogP contribution < -0.4 is 0 Å². The fraction of sp³-hybridized carbons (Fsp3) is 0.533. The van der Waals surface area contributed by atoms with Crippen LogP contribution in [0.15, 0.2) is 30.3 Å². The summed E-state index contributed by atoms with van der Waals surface area (Å²) in [6, 6.07) is 10.1. The van der Waals surface area contributed by atoms with Crippen LogP contribution in [-0.2, 0) is 20.9 Å². The normalized spacial score (nSPS) is 26.3. The molecule has 104 valence electrons. The molecule has 2 rings (SSSR count). The summed E-state index contributed by atoms with van der Waals surface area (Å²) >= 11 is 2.38. The first-order valence-electron chi connectivity index (χ1n) is 6.67. The van der Waals surface area contributed by atoms with Gasteiger partial charge in [0.25, 0.3) is 0 Å². The van der Waals surface area contributed by atoms with Crippen LogP contribution in [0, 0.1) is 5.92 Å². The summed E-state index contributed by atoms with van der Waals surface area (Å²) in [7, 11) is 0. The fourth-order valence-corrected chi connectivity index (χ4v) is 3.47. The van der Waals surface area contributed by atoms with Gasteiger partial charge in [-0.2, -0.15) is 0 Å². The third-order valence-corrected chi connectivity index (χ3v) is 4.67. The molecule has 0 amide bonds. The van der Waals surface area contributed by atoms with Gasteiger partial charge in [0, 0.05) is 3.92 Å². The highest BCUT2D eigenvalue weighted by molar-refractivity contribution is 14.1. The van der Waals surface area contributed by atoms with E-state index in [0.717, 1.165) is 12.8 Å². The topological polar surface area (TPSA) is 35.5 Å². The molecule has 0 aromatic heterocycles. The molecule has 0 N–H and O–H groups in total. The van der Waals surface area contributed by atoms with Crippen LogP contribution in [-0.4, -0.2) is 22.6 Å². The van der Waals surface area contributed by atoms with Crippen LogP contribution in [0.3, 0.4) is 0 Å². The molecule has 4 heteroatoms. The number of esters is 1. The van der Waals surface area contributed by atoms with Gasteiger partial charge in [-0.3, -0.25) is 4.79 Å². The van der Waals surface area contributed by atoms with Gasteiger partial charge in [0.05, 0.1) is 25.2 Å². The molecule has 19 heavy (non-hydrogen) atoms. The van der Waals surface area contributed by atoms with Crippen molar-refractivity contribution in [2.45, 2.75) is 36.4 Å². The van der Waals surface area contributed by atoms with Crippen LogP contribution in [0.1, 0.15) is 25.3 Å². The molecule has 1 aliphatic carbocycles. The van der Waals surface area contributed by atoms with E-state index in [1.165, 1.54) is 5.56 Å². The lowest BCUT2D eigenvalue weighted by molar-refractivity contribution is -0.148. The minimum Gasteiger partial charge on any atom is -0.466 e. The summed E-state index contributed by atoms with van der Waals surface area (Å²) in [5.41, 5.74) is 1.17. The van der Waals surface area contributed by atoms with Gasteiger partial charge in [-0.15, -0.1) is 0 Å². The highest BCUT2D eigenvalue weighted by Gasteiger charge is 2.37. The first-order chi connectivity index (χ1) is 9.20. The number of halogens is 1. The smallest absolute Gasteiger partial charge is 0.309 e. The Labute approximate surface area is 127 Å². The maximum absolute atomic E-state index is 11.7. The van der Waals surface area contributed by atoms with Crippen molar-refractivity contribution in [3.8, 4) is 0 Å². The molecule has 1 aliphatic rings. The molecule has 0 saturated heterocycles. The summed E-state index contributed by atoms with van der Waals surface area (Å²) < 4.78 is 11.4. The predicted octanol–water partition coefficient (Wildman–Crippen LogP) is 3.35. The predicted molar refractivity (Wildman–Crippen MR) is 82.2 cm³/mol. The van der Waals surface area contributed by atoms with Gasteiger partial charge in [0.15, 0.2) is 0 Å². The molecule has 0 radical (unpaired) electrons. The summed E-state index contributed by atoms with van der Waals surface area (Å²) in [6.45, 7) is 2.91. The quantitative estimate of drug-likeness (QED) is 0.451. The number of rotatable bonds is 5. The third-order valence-electron chi connectivity index (χ3n) is 3.36. The van der Waals surface area contributed by atoms with E-state index in [4.69, 9.17) is 9.47 Å². The van der Waals surface area contributed by atoms with Crippen LogP contribution >= 0.6 is 22.6 Å². The highest BCUT2D eigenvalue weighted by Crippen LogP contribution is 2.34. The van der Waals surface area contributed by atoms with Gasteiger partial charge in [-0.1, -0.05) is 52.9 Å². The first kappa shape index (κ1) is 14.8.